The summed E-state index contributed by atoms with van der Waals surface area (Å²) in [7, 11) is 1.79. The predicted octanol–water partition coefficient (Wildman–Crippen LogP) is 4.93. The molecule has 0 bridgehead atoms. The Hall–Kier alpha value is -1.84. The fraction of sp³-hybridized carbons (Fsp3) is 0.520. The van der Waals surface area contributed by atoms with Gasteiger partial charge in [0.05, 0.1) is 7.11 Å². The molecule has 1 unspecified atom stereocenters. The van der Waals surface area contributed by atoms with Gasteiger partial charge in [0, 0.05) is 43.8 Å². The Morgan fingerprint density at radius 3 is 2.25 bits per heavy atom. The molecule has 4 rings (SSSR count). The van der Waals surface area contributed by atoms with E-state index in [9.17, 15) is 0 Å². The lowest BCUT2D eigenvalue weighted by Gasteiger charge is -2.43. The Balaban J connectivity index is 1.50. The second-order valence-corrected chi connectivity index (χ2v) is 8.31. The maximum Gasteiger partial charge on any atom is 0.123 e. The van der Waals surface area contributed by atoms with Crippen LogP contribution in [0.1, 0.15) is 49.3 Å². The molecule has 3 heteroatoms. The highest BCUT2D eigenvalue weighted by Gasteiger charge is 2.30. The molecule has 150 valence electrons. The van der Waals surface area contributed by atoms with Gasteiger partial charge in [0.2, 0.25) is 0 Å². The fourth-order valence-corrected chi connectivity index (χ4v) is 5.08. The minimum Gasteiger partial charge on any atom is -0.496 e. The second kappa shape index (κ2) is 9.58. The number of hydrogen-bond donors (Lipinski definition) is 0. The Bertz CT molecular complexity index is 718. The number of piperazine rings is 1. The van der Waals surface area contributed by atoms with Gasteiger partial charge in [-0.25, -0.2) is 0 Å². The van der Waals surface area contributed by atoms with Crippen molar-refractivity contribution < 1.29 is 4.74 Å². The van der Waals surface area contributed by atoms with E-state index < -0.39 is 0 Å². The van der Waals surface area contributed by atoms with E-state index in [1.165, 1.54) is 56.3 Å². The predicted molar refractivity (Wildman–Crippen MR) is 116 cm³/mol. The molecule has 2 aromatic rings. The van der Waals surface area contributed by atoms with Crippen LogP contribution >= 0.6 is 0 Å². The number of hydrogen-bond acceptors (Lipinski definition) is 3. The molecule has 0 radical (unpaired) electrons. The minimum absolute atomic E-state index is 0.368. The van der Waals surface area contributed by atoms with Gasteiger partial charge in [-0.05, 0) is 30.9 Å². The second-order valence-electron chi connectivity index (χ2n) is 8.31. The zero-order valence-electron chi connectivity index (χ0n) is 17.2. The third-order valence-electron chi connectivity index (χ3n) is 6.65. The van der Waals surface area contributed by atoms with Crippen molar-refractivity contribution in [1.82, 2.24) is 9.80 Å². The first kappa shape index (κ1) is 19.5. The summed E-state index contributed by atoms with van der Waals surface area (Å²) < 4.78 is 5.73. The summed E-state index contributed by atoms with van der Waals surface area (Å²) in [6.45, 7) is 4.69. The molecule has 28 heavy (non-hydrogen) atoms. The van der Waals surface area contributed by atoms with E-state index in [4.69, 9.17) is 4.74 Å². The van der Waals surface area contributed by atoms with Crippen molar-refractivity contribution in [3.63, 3.8) is 0 Å². The Kier molecular flexibility index (Phi) is 6.66. The topological polar surface area (TPSA) is 15.7 Å². The summed E-state index contributed by atoms with van der Waals surface area (Å²) in [5.41, 5.74) is 2.72. The lowest BCUT2D eigenvalue weighted by molar-refractivity contribution is 0.0553. The molecule has 1 saturated heterocycles. The number of nitrogens with zero attached hydrogens (tertiary/aromatic N) is 2. The van der Waals surface area contributed by atoms with E-state index in [2.05, 4.69) is 64.4 Å². The molecule has 2 fully saturated rings. The van der Waals surface area contributed by atoms with Crippen LogP contribution < -0.4 is 4.74 Å². The molecular weight excluding hydrogens is 344 g/mol. The van der Waals surface area contributed by atoms with Crippen molar-refractivity contribution in [2.24, 2.45) is 0 Å². The molecule has 0 spiro atoms. The van der Waals surface area contributed by atoms with Crippen molar-refractivity contribution in [1.29, 1.82) is 0 Å². The first-order valence-corrected chi connectivity index (χ1v) is 11.0. The average molecular weight is 379 g/mol. The Labute approximate surface area is 170 Å². The number of para-hydroxylation sites is 1. The van der Waals surface area contributed by atoms with E-state index in [0.29, 0.717) is 6.04 Å². The number of benzene rings is 2. The van der Waals surface area contributed by atoms with Crippen LogP contribution in [0.25, 0.3) is 0 Å². The third-order valence-corrected chi connectivity index (χ3v) is 6.65. The molecule has 0 aromatic heterocycles. The highest BCUT2D eigenvalue weighted by Crippen LogP contribution is 2.33. The van der Waals surface area contributed by atoms with E-state index in [1.54, 1.807) is 7.11 Å². The van der Waals surface area contributed by atoms with Gasteiger partial charge in [-0.1, -0.05) is 67.8 Å². The minimum atomic E-state index is 0.368. The van der Waals surface area contributed by atoms with Crippen LogP contribution in [0.4, 0.5) is 0 Å². The molecule has 1 aliphatic heterocycles. The van der Waals surface area contributed by atoms with Gasteiger partial charge >= 0.3 is 0 Å². The highest BCUT2D eigenvalue weighted by molar-refractivity contribution is 5.37. The van der Waals surface area contributed by atoms with Crippen molar-refractivity contribution >= 4 is 0 Å². The first-order chi connectivity index (χ1) is 13.8. The molecule has 1 saturated carbocycles. The maximum atomic E-state index is 5.73. The Morgan fingerprint density at radius 2 is 1.54 bits per heavy atom. The van der Waals surface area contributed by atoms with E-state index in [-0.39, 0.29) is 0 Å². The molecule has 0 N–H and O–H groups in total. The van der Waals surface area contributed by atoms with Gasteiger partial charge in [0.25, 0.3) is 0 Å². The maximum absolute atomic E-state index is 5.73. The van der Waals surface area contributed by atoms with Gasteiger partial charge in [-0.15, -0.1) is 0 Å². The summed E-state index contributed by atoms with van der Waals surface area (Å²) in [6.07, 6.45) is 8.11. The highest BCUT2D eigenvalue weighted by atomic mass is 16.5. The summed E-state index contributed by atoms with van der Waals surface area (Å²) in [5, 5.41) is 0. The lowest BCUT2D eigenvalue weighted by Crippen LogP contribution is -2.51. The normalized spacial score (nSPS) is 20.8. The zero-order valence-corrected chi connectivity index (χ0v) is 17.2. The van der Waals surface area contributed by atoms with Gasteiger partial charge in [-0.2, -0.15) is 0 Å². The van der Waals surface area contributed by atoms with Gasteiger partial charge < -0.3 is 4.74 Å². The fourth-order valence-electron chi connectivity index (χ4n) is 5.08. The van der Waals surface area contributed by atoms with Crippen LogP contribution in [0, 0.1) is 0 Å². The van der Waals surface area contributed by atoms with E-state index in [1.807, 2.05) is 0 Å². The molecule has 2 aromatic carbocycles. The number of ether oxygens (including phenoxy) is 1. The van der Waals surface area contributed by atoms with Crippen LogP contribution in [0.3, 0.4) is 0 Å². The summed E-state index contributed by atoms with van der Waals surface area (Å²) >= 11 is 0. The van der Waals surface area contributed by atoms with Gasteiger partial charge in [0.15, 0.2) is 0 Å². The van der Waals surface area contributed by atoms with Crippen LogP contribution in [-0.4, -0.2) is 49.1 Å². The molecular formula is C25H34N2O. The molecule has 1 aliphatic carbocycles. The smallest absolute Gasteiger partial charge is 0.123 e. The SMILES string of the molecule is COc1ccccc1C(Cc1ccccc1)N1CCN(C2CCCCC2)CC1. The molecule has 1 atom stereocenters. The van der Waals surface area contributed by atoms with Crippen molar-refractivity contribution in [2.45, 2.75) is 50.6 Å². The Morgan fingerprint density at radius 1 is 0.857 bits per heavy atom. The third kappa shape index (κ3) is 4.59. The van der Waals surface area contributed by atoms with Crippen LogP contribution in [0.5, 0.6) is 5.75 Å². The largest absolute Gasteiger partial charge is 0.496 e. The number of methoxy groups -OCH3 is 1. The molecule has 3 nitrogen and oxygen atoms in total. The van der Waals surface area contributed by atoms with Crippen molar-refractivity contribution in [3.8, 4) is 5.75 Å². The lowest BCUT2D eigenvalue weighted by atomic mass is 9.93. The quantitative estimate of drug-likeness (QED) is 0.709. The molecule has 2 aliphatic rings. The van der Waals surface area contributed by atoms with Crippen LogP contribution in [0.15, 0.2) is 54.6 Å². The summed E-state index contributed by atoms with van der Waals surface area (Å²) in [5.74, 6) is 1.01. The van der Waals surface area contributed by atoms with E-state index >= 15 is 0 Å². The van der Waals surface area contributed by atoms with Crippen molar-refractivity contribution in [3.05, 3.63) is 65.7 Å². The van der Waals surface area contributed by atoms with Crippen LogP contribution in [-0.2, 0) is 6.42 Å². The standard InChI is InChI=1S/C25H34N2O/c1-28-25-15-9-8-14-23(25)24(20-21-10-4-2-5-11-21)27-18-16-26(17-19-27)22-12-6-3-7-13-22/h2,4-5,8-11,14-15,22,24H,3,6-7,12-13,16-20H2,1H3. The molecule has 1 heterocycles. The monoisotopic (exact) mass is 378 g/mol. The van der Waals surface area contributed by atoms with E-state index in [0.717, 1.165) is 31.3 Å². The van der Waals surface area contributed by atoms with Gasteiger partial charge in [0.1, 0.15) is 5.75 Å². The zero-order chi connectivity index (χ0) is 19.2. The molecule has 0 amide bonds. The van der Waals surface area contributed by atoms with Crippen LogP contribution in [0.2, 0.25) is 0 Å². The van der Waals surface area contributed by atoms with Crippen molar-refractivity contribution in [2.75, 3.05) is 33.3 Å². The average Bonchev–Trinajstić information content (AvgIpc) is 2.79. The summed E-state index contributed by atoms with van der Waals surface area (Å²) in [6, 6.07) is 20.7. The first-order valence-electron chi connectivity index (χ1n) is 11.0. The summed E-state index contributed by atoms with van der Waals surface area (Å²) in [4.78, 5) is 5.45. The van der Waals surface area contributed by atoms with Gasteiger partial charge in [-0.3, -0.25) is 9.80 Å². The number of rotatable bonds is 6.